The van der Waals surface area contributed by atoms with Gasteiger partial charge in [-0.3, -0.25) is 0 Å². The van der Waals surface area contributed by atoms with Crippen LogP contribution in [-0.2, 0) is 9.53 Å². The molecule has 0 amide bonds. The lowest BCUT2D eigenvalue weighted by Gasteiger charge is -2.25. The Hall–Kier alpha value is -3.08. The van der Waals surface area contributed by atoms with Crippen LogP contribution < -0.4 is 4.74 Å². The van der Waals surface area contributed by atoms with Crippen LogP contribution in [0.3, 0.4) is 0 Å². The molecule has 0 bridgehead atoms. The molecule has 1 atom stereocenters. The summed E-state index contributed by atoms with van der Waals surface area (Å²) < 4.78 is 11.2. The number of hydrogen-bond acceptors (Lipinski definition) is 4. The number of rotatable bonds is 7. The van der Waals surface area contributed by atoms with Crippen LogP contribution in [0.5, 0.6) is 5.75 Å². The van der Waals surface area contributed by atoms with Crippen molar-refractivity contribution in [1.82, 2.24) is 0 Å². The molecule has 0 saturated carbocycles. The Balaban J connectivity index is 2.23. The van der Waals surface area contributed by atoms with Crippen molar-refractivity contribution in [3.05, 3.63) is 66.5 Å². The van der Waals surface area contributed by atoms with Crippen LogP contribution in [-0.4, -0.2) is 22.6 Å². The second-order valence-electron chi connectivity index (χ2n) is 6.18. The quantitative estimate of drug-likeness (QED) is 0.442. The maximum Gasteiger partial charge on any atom is 0.335 e. The lowest BCUT2D eigenvalue weighted by Crippen LogP contribution is -2.28. The van der Waals surface area contributed by atoms with Gasteiger partial charge in [-0.25, -0.2) is 9.59 Å². The zero-order chi connectivity index (χ0) is 19.3. The van der Waals surface area contributed by atoms with Crippen LogP contribution in [0.1, 0.15) is 37.6 Å². The Bertz CT molecular complexity index is 881. The molecule has 0 radical (unpaired) electrons. The van der Waals surface area contributed by atoms with Crippen molar-refractivity contribution in [3.63, 3.8) is 0 Å². The lowest BCUT2D eigenvalue weighted by atomic mass is 10.0. The van der Waals surface area contributed by atoms with Gasteiger partial charge in [0, 0.05) is 6.08 Å². The van der Waals surface area contributed by atoms with Crippen molar-refractivity contribution in [2.45, 2.75) is 32.8 Å². The topological polar surface area (TPSA) is 72.8 Å². The predicted molar refractivity (Wildman–Crippen MR) is 100 cm³/mol. The molecule has 5 nitrogen and oxygen atoms in total. The number of carboxylic acids is 1. The van der Waals surface area contributed by atoms with Gasteiger partial charge in [0.1, 0.15) is 17.1 Å². The SMILES string of the molecule is C=CC(=O)OC(C)(/C=C(/C)Oc1ccc2cc(C(=O)O)ccc2c1)CC. The molecule has 136 valence electrons. The van der Waals surface area contributed by atoms with E-state index in [0.29, 0.717) is 17.9 Å². The third-order valence-electron chi connectivity index (χ3n) is 4.05. The fourth-order valence-corrected chi connectivity index (χ4v) is 2.54. The fourth-order valence-electron chi connectivity index (χ4n) is 2.54. The maximum absolute atomic E-state index is 11.5. The van der Waals surface area contributed by atoms with E-state index in [2.05, 4.69) is 6.58 Å². The first-order valence-electron chi connectivity index (χ1n) is 8.26. The Morgan fingerprint density at radius 3 is 2.46 bits per heavy atom. The molecule has 5 heteroatoms. The molecule has 1 unspecified atom stereocenters. The van der Waals surface area contributed by atoms with E-state index in [4.69, 9.17) is 14.6 Å². The molecule has 0 aliphatic carbocycles. The number of hydrogen-bond donors (Lipinski definition) is 1. The normalized spacial score (nSPS) is 13.7. The van der Waals surface area contributed by atoms with Crippen molar-refractivity contribution in [2.75, 3.05) is 0 Å². The summed E-state index contributed by atoms with van der Waals surface area (Å²) in [4.78, 5) is 22.5. The number of fused-ring (bicyclic) bond motifs is 1. The summed E-state index contributed by atoms with van der Waals surface area (Å²) in [6.07, 6.45) is 3.47. The average Bonchev–Trinajstić information content (AvgIpc) is 2.60. The van der Waals surface area contributed by atoms with Crippen LogP contribution in [0.15, 0.2) is 60.9 Å². The van der Waals surface area contributed by atoms with E-state index < -0.39 is 17.5 Å². The molecule has 2 aromatic carbocycles. The molecule has 1 N–H and O–H groups in total. The first kappa shape index (κ1) is 19.2. The van der Waals surface area contributed by atoms with E-state index in [9.17, 15) is 9.59 Å². The second kappa shape index (κ2) is 7.87. The lowest BCUT2D eigenvalue weighted by molar-refractivity contribution is -0.147. The van der Waals surface area contributed by atoms with Gasteiger partial charge in [0.05, 0.1) is 5.56 Å². The molecule has 0 aromatic heterocycles. The molecular weight excluding hydrogens is 332 g/mol. The van der Waals surface area contributed by atoms with Crippen LogP contribution >= 0.6 is 0 Å². The summed E-state index contributed by atoms with van der Waals surface area (Å²) in [5.74, 6) is -0.243. The molecule has 0 aliphatic heterocycles. The summed E-state index contributed by atoms with van der Waals surface area (Å²) in [5, 5.41) is 10.7. The molecule has 0 saturated heterocycles. The number of aromatic carboxylic acids is 1. The standard InChI is InChI=1S/C21H22O5/c1-5-19(22)26-21(4,6-2)13-14(3)25-18-10-9-15-11-17(20(23)24)8-7-16(15)12-18/h5,7-13H,1,6H2,2-4H3,(H,23,24)/b14-13-. The number of esters is 1. The molecule has 2 rings (SSSR count). The summed E-state index contributed by atoms with van der Waals surface area (Å²) in [6.45, 7) is 8.91. The van der Waals surface area contributed by atoms with Crippen molar-refractivity contribution in [3.8, 4) is 5.75 Å². The second-order valence-corrected chi connectivity index (χ2v) is 6.18. The molecule has 0 heterocycles. The van der Waals surface area contributed by atoms with Crippen LogP contribution in [0.2, 0.25) is 0 Å². The van der Waals surface area contributed by atoms with E-state index in [1.807, 2.05) is 13.0 Å². The van der Waals surface area contributed by atoms with Crippen molar-refractivity contribution in [1.29, 1.82) is 0 Å². The largest absolute Gasteiger partial charge is 0.478 e. The molecular formula is C21H22O5. The third-order valence-corrected chi connectivity index (χ3v) is 4.05. The summed E-state index contributed by atoms with van der Waals surface area (Å²) in [5.41, 5.74) is -0.548. The average molecular weight is 354 g/mol. The highest BCUT2D eigenvalue weighted by Gasteiger charge is 2.24. The van der Waals surface area contributed by atoms with Gasteiger partial charge in [-0.1, -0.05) is 25.6 Å². The molecule has 2 aromatic rings. The van der Waals surface area contributed by atoms with Gasteiger partial charge in [0.15, 0.2) is 0 Å². The highest BCUT2D eigenvalue weighted by molar-refractivity contribution is 5.94. The van der Waals surface area contributed by atoms with Gasteiger partial charge in [-0.15, -0.1) is 0 Å². The molecule has 0 spiro atoms. The van der Waals surface area contributed by atoms with Crippen molar-refractivity contribution >= 4 is 22.7 Å². The molecule has 0 aliphatic rings. The highest BCUT2D eigenvalue weighted by atomic mass is 16.6. The maximum atomic E-state index is 11.5. The van der Waals surface area contributed by atoms with Crippen LogP contribution in [0.4, 0.5) is 0 Å². The molecule has 0 fully saturated rings. The van der Waals surface area contributed by atoms with Crippen LogP contribution in [0.25, 0.3) is 10.8 Å². The Kier molecular flexibility index (Phi) is 5.82. The summed E-state index contributed by atoms with van der Waals surface area (Å²) in [7, 11) is 0. The first-order valence-corrected chi connectivity index (χ1v) is 8.26. The predicted octanol–water partition coefficient (Wildman–Crippen LogP) is 4.72. The van der Waals surface area contributed by atoms with E-state index >= 15 is 0 Å². The highest BCUT2D eigenvalue weighted by Crippen LogP contribution is 2.25. The van der Waals surface area contributed by atoms with Gasteiger partial charge >= 0.3 is 11.9 Å². The zero-order valence-electron chi connectivity index (χ0n) is 15.1. The minimum absolute atomic E-state index is 0.241. The van der Waals surface area contributed by atoms with E-state index in [0.717, 1.165) is 16.8 Å². The minimum atomic E-state index is -0.959. The summed E-state index contributed by atoms with van der Waals surface area (Å²) in [6, 6.07) is 10.3. The number of carbonyl (C=O) groups is 2. The van der Waals surface area contributed by atoms with Crippen molar-refractivity contribution in [2.24, 2.45) is 0 Å². The first-order chi connectivity index (χ1) is 12.3. The van der Waals surface area contributed by atoms with Gasteiger partial charge in [0.25, 0.3) is 0 Å². The Morgan fingerprint density at radius 1 is 1.19 bits per heavy atom. The number of carbonyl (C=O) groups excluding carboxylic acids is 1. The minimum Gasteiger partial charge on any atom is -0.478 e. The number of carboxylic acid groups (broad SMARTS) is 1. The van der Waals surface area contributed by atoms with Gasteiger partial charge in [-0.05, 0) is 61.4 Å². The third kappa shape index (κ3) is 4.72. The number of allylic oxidation sites excluding steroid dienone is 1. The Labute approximate surface area is 152 Å². The Morgan fingerprint density at radius 2 is 1.85 bits per heavy atom. The zero-order valence-corrected chi connectivity index (χ0v) is 15.1. The van der Waals surface area contributed by atoms with Gasteiger partial charge in [-0.2, -0.15) is 0 Å². The monoisotopic (exact) mass is 354 g/mol. The number of ether oxygens (including phenoxy) is 2. The van der Waals surface area contributed by atoms with E-state index in [1.165, 1.54) is 0 Å². The van der Waals surface area contributed by atoms with Crippen LogP contribution in [0, 0.1) is 0 Å². The van der Waals surface area contributed by atoms with E-state index in [-0.39, 0.29) is 5.56 Å². The van der Waals surface area contributed by atoms with Gasteiger partial charge < -0.3 is 14.6 Å². The number of benzene rings is 2. The molecule has 26 heavy (non-hydrogen) atoms. The van der Waals surface area contributed by atoms with Gasteiger partial charge in [0.2, 0.25) is 0 Å². The van der Waals surface area contributed by atoms with E-state index in [1.54, 1.807) is 50.3 Å². The van der Waals surface area contributed by atoms with Crippen molar-refractivity contribution < 1.29 is 24.2 Å². The smallest absolute Gasteiger partial charge is 0.335 e. The fraction of sp³-hybridized carbons (Fsp3) is 0.238. The summed E-state index contributed by atoms with van der Waals surface area (Å²) >= 11 is 0.